The number of hydrogen-bond donors (Lipinski definition) is 0. The molecule has 0 N–H and O–H groups in total. The van der Waals surface area contributed by atoms with Crippen LogP contribution in [0, 0.1) is 0 Å². The summed E-state index contributed by atoms with van der Waals surface area (Å²) in [6.07, 6.45) is 1.26. The average Bonchev–Trinajstić information content (AvgIpc) is 2.27. The number of esters is 1. The van der Waals surface area contributed by atoms with Crippen LogP contribution in [0.1, 0.15) is 51.2 Å². The molecule has 3 nitrogen and oxygen atoms in total. The highest BCUT2D eigenvalue weighted by Crippen LogP contribution is 2.39. The van der Waals surface area contributed by atoms with Crippen molar-refractivity contribution >= 4 is 5.97 Å². The maximum Gasteiger partial charge on any atom is 0.311 e. The Morgan fingerprint density at radius 1 is 1.17 bits per heavy atom. The van der Waals surface area contributed by atoms with Gasteiger partial charge in [0.25, 0.3) is 0 Å². The van der Waals surface area contributed by atoms with E-state index >= 15 is 0 Å². The number of benzene rings is 1. The summed E-state index contributed by atoms with van der Waals surface area (Å²) in [5, 5.41) is 0. The first-order valence-corrected chi connectivity index (χ1v) is 6.52. The fourth-order valence-corrected chi connectivity index (χ4v) is 2.19. The van der Waals surface area contributed by atoms with Gasteiger partial charge in [-0.3, -0.25) is 4.79 Å². The van der Waals surface area contributed by atoms with Crippen molar-refractivity contribution in [1.82, 2.24) is 0 Å². The van der Waals surface area contributed by atoms with Crippen LogP contribution in [0.3, 0.4) is 0 Å². The lowest BCUT2D eigenvalue weighted by Gasteiger charge is -2.24. The van der Waals surface area contributed by atoms with E-state index in [9.17, 15) is 4.79 Å². The number of ether oxygens (including phenoxy) is 2. The molecule has 0 atom stereocenters. The summed E-state index contributed by atoms with van der Waals surface area (Å²) in [6, 6.07) is 3.88. The molecule has 0 unspecified atom stereocenters. The summed E-state index contributed by atoms with van der Waals surface area (Å²) in [5.41, 5.74) is 2.22. The Morgan fingerprint density at radius 2 is 1.89 bits per heavy atom. The Kier molecular flexibility index (Phi) is 3.60. The lowest BCUT2D eigenvalue weighted by Crippen LogP contribution is -2.19. The van der Waals surface area contributed by atoms with E-state index in [0.29, 0.717) is 24.5 Å². The molecule has 0 aliphatic carbocycles. The van der Waals surface area contributed by atoms with Crippen LogP contribution >= 0.6 is 0 Å². The lowest BCUT2D eigenvalue weighted by molar-refractivity contribution is -0.135. The molecule has 0 radical (unpaired) electrons. The number of hydrogen-bond acceptors (Lipinski definition) is 3. The van der Waals surface area contributed by atoms with Crippen molar-refractivity contribution < 1.29 is 14.3 Å². The number of fused-ring (bicyclic) bond motifs is 1. The van der Waals surface area contributed by atoms with Crippen molar-refractivity contribution in [2.45, 2.75) is 52.6 Å². The van der Waals surface area contributed by atoms with Crippen LogP contribution in [0.25, 0.3) is 0 Å². The zero-order valence-electron chi connectivity index (χ0n) is 11.4. The van der Waals surface area contributed by atoms with E-state index in [0.717, 1.165) is 11.3 Å². The second-order valence-electron chi connectivity index (χ2n) is 5.26. The minimum absolute atomic E-state index is 0.117. The molecule has 0 spiro atoms. The highest BCUT2D eigenvalue weighted by molar-refractivity contribution is 5.76. The van der Waals surface area contributed by atoms with Crippen molar-refractivity contribution in [3.63, 3.8) is 0 Å². The molecular formula is C15H20O3. The number of carbonyl (C=O) groups is 1. The quantitative estimate of drug-likeness (QED) is 0.607. The molecule has 0 bridgehead atoms. The van der Waals surface area contributed by atoms with Crippen LogP contribution in [0.4, 0.5) is 0 Å². The summed E-state index contributed by atoms with van der Waals surface area (Å²) in [4.78, 5) is 11.3. The molecule has 98 valence electrons. The van der Waals surface area contributed by atoms with Crippen LogP contribution in [0.5, 0.6) is 11.5 Å². The van der Waals surface area contributed by atoms with Crippen molar-refractivity contribution in [1.29, 1.82) is 0 Å². The van der Waals surface area contributed by atoms with E-state index in [1.165, 1.54) is 5.56 Å². The Morgan fingerprint density at radius 3 is 2.50 bits per heavy atom. The molecule has 1 aromatic rings. The van der Waals surface area contributed by atoms with E-state index in [4.69, 9.17) is 9.47 Å². The first-order valence-electron chi connectivity index (χ1n) is 6.52. The Balaban J connectivity index is 2.49. The third-order valence-corrected chi connectivity index (χ3v) is 3.03. The van der Waals surface area contributed by atoms with Crippen molar-refractivity contribution in [3.8, 4) is 11.5 Å². The first-order chi connectivity index (χ1) is 8.49. The van der Waals surface area contributed by atoms with Gasteiger partial charge in [-0.15, -0.1) is 0 Å². The zero-order chi connectivity index (χ0) is 13.3. The van der Waals surface area contributed by atoms with Gasteiger partial charge >= 0.3 is 5.97 Å². The Labute approximate surface area is 108 Å². The molecule has 0 amide bonds. The highest BCUT2D eigenvalue weighted by Gasteiger charge is 2.24. The Hall–Kier alpha value is -1.51. The maximum atomic E-state index is 11.3. The van der Waals surface area contributed by atoms with Gasteiger partial charge in [0.2, 0.25) is 0 Å². The van der Waals surface area contributed by atoms with Gasteiger partial charge in [0.1, 0.15) is 11.5 Å². The summed E-state index contributed by atoms with van der Waals surface area (Å²) in [6.45, 7) is 8.31. The largest absolute Gasteiger partial charge is 0.490 e. The predicted molar refractivity (Wildman–Crippen MR) is 70.3 cm³/mol. The molecule has 2 rings (SSSR count). The Bertz CT molecular complexity index is 461. The average molecular weight is 248 g/mol. The molecule has 1 heterocycles. The van der Waals surface area contributed by atoms with E-state index < -0.39 is 0 Å². The topological polar surface area (TPSA) is 35.5 Å². The van der Waals surface area contributed by atoms with Crippen LogP contribution in [0.15, 0.2) is 12.1 Å². The van der Waals surface area contributed by atoms with Gasteiger partial charge in [0.05, 0.1) is 12.5 Å². The third kappa shape index (κ3) is 2.50. The molecule has 0 saturated carbocycles. The van der Waals surface area contributed by atoms with Gasteiger partial charge in [0, 0.05) is 5.56 Å². The second-order valence-corrected chi connectivity index (χ2v) is 5.26. The zero-order valence-corrected chi connectivity index (χ0v) is 11.4. The fraction of sp³-hybridized carbons (Fsp3) is 0.533. The molecule has 18 heavy (non-hydrogen) atoms. The van der Waals surface area contributed by atoms with Gasteiger partial charge < -0.3 is 9.47 Å². The van der Waals surface area contributed by atoms with Gasteiger partial charge in [-0.2, -0.15) is 0 Å². The lowest BCUT2D eigenvalue weighted by atomic mass is 9.95. The molecule has 0 saturated heterocycles. The van der Waals surface area contributed by atoms with Crippen molar-refractivity contribution in [2.24, 2.45) is 0 Å². The fourth-order valence-electron chi connectivity index (χ4n) is 2.19. The van der Waals surface area contributed by atoms with Crippen LogP contribution in [-0.2, 0) is 11.2 Å². The van der Waals surface area contributed by atoms with Gasteiger partial charge in [-0.1, -0.05) is 19.9 Å². The predicted octanol–water partition coefficient (Wildman–Crippen LogP) is 3.45. The van der Waals surface area contributed by atoms with E-state index in [-0.39, 0.29) is 12.1 Å². The molecule has 3 heteroatoms. The summed E-state index contributed by atoms with van der Waals surface area (Å²) < 4.78 is 11.2. The molecular weight excluding hydrogens is 228 g/mol. The van der Waals surface area contributed by atoms with Crippen molar-refractivity contribution in [3.05, 3.63) is 23.3 Å². The second kappa shape index (κ2) is 5.01. The number of carbonyl (C=O) groups excluding carboxylic acids is 1. The molecule has 0 fully saturated rings. The molecule has 0 aromatic heterocycles. The summed E-state index contributed by atoms with van der Waals surface area (Å²) in [5.74, 6) is 1.80. The normalized spacial score (nSPS) is 14.7. The van der Waals surface area contributed by atoms with Gasteiger partial charge in [-0.05, 0) is 37.8 Å². The van der Waals surface area contributed by atoms with Gasteiger partial charge in [0.15, 0.2) is 0 Å². The van der Waals surface area contributed by atoms with Gasteiger partial charge in [-0.25, -0.2) is 0 Å². The van der Waals surface area contributed by atoms with Crippen LogP contribution in [0.2, 0.25) is 0 Å². The SMILES string of the molecule is CC(C)Oc1c(C(C)C)ccc2c1CCC(=O)O2. The molecule has 1 aliphatic rings. The monoisotopic (exact) mass is 248 g/mol. The van der Waals surface area contributed by atoms with E-state index in [1.807, 2.05) is 26.0 Å². The third-order valence-electron chi connectivity index (χ3n) is 3.03. The summed E-state index contributed by atoms with van der Waals surface area (Å²) >= 11 is 0. The van der Waals surface area contributed by atoms with Crippen molar-refractivity contribution in [2.75, 3.05) is 0 Å². The molecule has 1 aliphatic heterocycles. The molecule has 1 aromatic carbocycles. The summed E-state index contributed by atoms with van der Waals surface area (Å²) in [7, 11) is 0. The van der Waals surface area contributed by atoms with Crippen LogP contribution < -0.4 is 9.47 Å². The van der Waals surface area contributed by atoms with E-state index in [2.05, 4.69) is 13.8 Å². The van der Waals surface area contributed by atoms with Crippen LogP contribution in [-0.4, -0.2) is 12.1 Å². The number of rotatable bonds is 3. The smallest absolute Gasteiger partial charge is 0.311 e. The first kappa shape index (κ1) is 12.9. The standard InChI is InChI=1S/C15H20O3/c1-9(2)11-5-7-13-12(6-8-14(16)18-13)15(11)17-10(3)4/h5,7,9-10H,6,8H2,1-4H3. The highest BCUT2D eigenvalue weighted by atomic mass is 16.5. The minimum Gasteiger partial charge on any atom is -0.490 e. The van der Waals surface area contributed by atoms with E-state index in [1.54, 1.807) is 0 Å². The maximum absolute atomic E-state index is 11.3. The minimum atomic E-state index is -0.157.